The lowest BCUT2D eigenvalue weighted by molar-refractivity contribution is -0.136. The number of carboxylic acid groups (broad SMARTS) is 1. The number of benzene rings is 3. The summed E-state index contributed by atoms with van der Waals surface area (Å²) in [5.74, 6) is -1.03. The Kier molecular flexibility index (Phi) is 5.81. The number of fused-ring (bicyclic) bond motifs is 1. The number of para-hydroxylation sites is 1. The van der Waals surface area contributed by atoms with Crippen LogP contribution < -0.4 is 5.32 Å². The first-order chi connectivity index (χ1) is 16.9. The van der Waals surface area contributed by atoms with Gasteiger partial charge in [-0.3, -0.25) is 14.6 Å². The third kappa shape index (κ3) is 4.52. The van der Waals surface area contributed by atoms with E-state index in [1.54, 1.807) is 54.7 Å². The molecule has 3 aromatic carbocycles. The number of carbonyl (C=O) groups excluding carboxylic acids is 1. The molecule has 1 aliphatic rings. The Bertz CT molecular complexity index is 1510. The molecule has 1 amide bonds. The molecule has 0 radical (unpaired) electrons. The lowest BCUT2D eigenvalue weighted by Gasteiger charge is -2.09. The quantitative estimate of drug-likeness (QED) is 0.308. The van der Waals surface area contributed by atoms with Crippen LogP contribution in [0.5, 0.6) is 5.75 Å². The zero-order valence-corrected chi connectivity index (χ0v) is 19.1. The molecule has 172 valence electrons. The fourth-order valence-electron chi connectivity index (χ4n) is 4.11. The number of halogens is 1. The van der Waals surface area contributed by atoms with Crippen LogP contribution in [-0.4, -0.2) is 27.1 Å². The van der Waals surface area contributed by atoms with Crippen LogP contribution in [0.4, 0.5) is 5.69 Å². The number of pyridine rings is 1. The average Bonchev–Trinajstić information content (AvgIpc) is 3.12. The number of hydrogen-bond acceptors (Lipinski definition) is 4. The lowest BCUT2D eigenvalue weighted by atomic mass is 9.98. The second-order valence-corrected chi connectivity index (χ2v) is 8.56. The number of carbonyl (C=O) groups is 2. The molecule has 1 aliphatic heterocycles. The van der Waals surface area contributed by atoms with Crippen molar-refractivity contribution in [3.8, 4) is 28.1 Å². The summed E-state index contributed by atoms with van der Waals surface area (Å²) >= 11 is 6.56. The minimum atomic E-state index is -0.917. The number of phenolic OH excluding ortho intramolecular Hbond substituents is 1. The lowest BCUT2D eigenvalue weighted by Crippen LogP contribution is -2.03. The van der Waals surface area contributed by atoms with Gasteiger partial charge >= 0.3 is 5.97 Å². The SMILES string of the molecule is O=C(O)Cc1cccc(C=C2C(=O)Nc3cc(Cl)c(-c4ccc(-c5ccccc5O)nc4)cc32)c1. The van der Waals surface area contributed by atoms with Gasteiger partial charge in [-0.2, -0.15) is 0 Å². The highest BCUT2D eigenvalue weighted by molar-refractivity contribution is 6.38. The molecule has 0 aliphatic carbocycles. The highest BCUT2D eigenvalue weighted by Crippen LogP contribution is 2.40. The van der Waals surface area contributed by atoms with Gasteiger partial charge in [0.15, 0.2) is 0 Å². The van der Waals surface area contributed by atoms with Crippen LogP contribution in [0.1, 0.15) is 16.7 Å². The Morgan fingerprint density at radius 2 is 1.80 bits per heavy atom. The third-order valence-electron chi connectivity index (χ3n) is 5.76. The molecule has 0 bridgehead atoms. The molecule has 5 rings (SSSR count). The fourth-order valence-corrected chi connectivity index (χ4v) is 4.39. The predicted octanol–water partition coefficient (Wildman–Crippen LogP) is 5.89. The second-order valence-electron chi connectivity index (χ2n) is 8.15. The summed E-state index contributed by atoms with van der Waals surface area (Å²) in [6.07, 6.45) is 3.32. The standard InChI is InChI=1S/C28H19ClN2O4/c29-23-14-25-21(22(28(35)31-25)11-16-4-3-5-17(10-16)12-27(33)34)13-20(23)18-8-9-24(30-15-18)19-6-1-2-7-26(19)32/h1-11,13-15,32H,12H2,(H,31,35)(H,33,34). The monoisotopic (exact) mass is 482 g/mol. The van der Waals surface area contributed by atoms with Gasteiger partial charge in [0, 0.05) is 34.0 Å². The maximum Gasteiger partial charge on any atom is 0.307 e. The number of aromatic nitrogens is 1. The van der Waals surface area contributed by atoms with E-state index in [0.29, 0.717) is 44.2 Å². The van der Waals surface area contributed by atoms with Gasteiger partial charge in [0.05, 0.1) is 22.8 Å². The zero-order chi connectivity index (χ0) is 24.5. The topological polar surface area (TPSA) is 99.5 Å². The molecule has 0 saturated heterocycles. The summed E-state index contributed by atoms with van der Waals surface area (Å²) < 4.78 is 0. The zero-order valence-electron chi connectivity index (χ0n) is 18.3. The first-order valence-electron chi connectivity index (χ1n) is 10.8. The van der Waals surface area contributed by atoms with Gasteiger partial charge in [0.1, 0.15) is 5.75 Å². The van der Waals surface area contributed by atoms with E-state index < -0.39 is 5.97 Å². The number of nitrogens with one attached hydrogen (secondary N) is 1. The molecule has 6 nitrogen and oxygen atoms in total. The van der Waals surface area contributed by atoms with E-state index in [2.05, 4.69) is 10.3 Å². The Balaban J connectivity index is 1.52. The first kappa shape index (κ1) is 22.4. The van der Waals surface area contributed by atoms with E-state index >= 15 is 0 Å². The van der Waals surface area contributed by atoms with Crippen LogP contribution >= 0.6 is 11.6 Å². The highest BCUT2D eigenvalue weighted by atomic mass is 35.5. The number of rotatable bonds is 5. The Labute approximate surface area is 206 Å². The van der Waals surface area contributed by atoms with Gasteiger partial charge in [-0.05, 0) is 47.5 Å². The highest BCUT2D eigenvalue weighted by Gasteiger charge is 2.26. The molecule has 35 heavy (non-hydrogen) atoms. The van der Waals surface area contributed by atoms with Crippen molar-refractivity contribution in [1.29, 1.82) is 0 Å². The molecular formula is C28H19ClN2O4. The van der Waals surface area contributed by atoms with Gasteiger partial charge in [-0.1, -0.05) is 54.1 Å². The van der Waals surface area contributed by atoms with Crippen molar-refractivity contribution in [2.75, 3.05) is 5.32 Å². The maximum atomic E-state index is 12.7. The molecule has 0 atom stereocenters. The number of nitrogens with zero attached hydrogens (tertiary/aromatic N) is 1. The summed E-state index contributed by atoms with van der Waals surface area (Å²) in [6.45, 7) is 0. The van der Waals surface area contributed by atoms with E-state index in [-0.39, 0.29) is 18.1 Å². The Morgan fingerprint density at radius 1 is 0.971 bits per heavy atom. The van der Waals surface area contributed by atoms with Gasteiger partial charge in [-0.25, -0.2) is 0 Å². The molecule has 3 N–H and O–H groups in total. The Hall–Kier alpha value is -4.42. The Morgan fingerprint density at radius 3 is 2.54 bits per heavy atom. The summed E-state index contributed by atoms with van der Waals surface area (Å²) in [5, 5.41) is 22.5. The molecule has 0 saturated carbocycles. The number of phenols is 1. The minimum Gasteiger partial charge on any atom is -0.507 e. The van der Waals surface area contributed by atoms with E-state index in [9.17, 15) is 14.7 Å². The maximum absolute atomic E-state index is 12.7. The van der Waals surface area contributed by atoms with Crippen molar-refractivity contribution < 1.29 is 19.8 Å². The van der Waals surface area contributed by atoms with Gasteiger partial charge in [-0.15, -0.1) is 0 Å². The van der Waals surface area contributed by atoms with Crippen LogP contribution in [0.15, 0.2) is 79.0 Å². The molecule has 1 aromatic heterocycles. The predicted molar refractivity (Wildman–Crippen MR) is 136 cm³/mol. The van der Waals surface area contributed by atoms with E-state index in [0.717, 1.165) is 11.1 Å². The second kappa shape index (κ2) is 9.08. The number of carboxylic acids is 1. The van der Waals surface area contributed by atoms with Gasteiger partial charge in [0.2, 0.25) is 0 Å². The molecule has 0 unspecified atom stereocenters. The molecule has 4 aromatic rings. The van der Waals surface area contributed by atoms with E-state index in [4.69, 9.17) is 16.7 Å². The molecular weight excluding hydrogens is 464 g/mol. The van der Waals surface area contributed by atoms with Crippen molar-refractivity contribution in [1.82, 2.24) is 4.98 Å². The van der Waals surface area contributed by atoms with Crippen molar-refractivity contribution in [3.63, 3.8) is 0 Å². The first-order valence-corrected chi connectivity index (χ1v) is 11.2. The number of aliphatic carboxylic acids is 1. The van der Waals surface area contributed by atoms with Crippen molar-refractivity contribution >= 4 is 40.8 Å². The van der Waals surface area contributed by atoms with Crippen LogP contribution in [0.25, 0.3) is 34.0 Å². The largest absolute Gasteiger partial charge is 0.507 e. The van der Waals surface area contributed by atoms with Gasteiger partial charge in [0.25, 0.3) is 5.91 Å². The van der Waals surface area contributed by atoms with Crippen LogP contribution in [0, 0.1) is 0 Å². The van der Waals surface area contributed by atoms with Crippen LogP contribution in [-0.2, 0) is 16.0 Å². The number of hydrogen-bond donors (Lipinski definition) is 3. The summed E-state index contributed by atoms with van der Waals surface area (Å²) in [4.78, 5) is 28.3. The van der Waals surface area contributed by atoms with E-state index in [1.807, 2.05) is 30.3 Å². The summed E-state index contributed by atoms with van der Waals surface area (Å²) in [5.41, 5.74) is 5.88. The van der Waals surface area contributed by atoms with Crippen molar-refractivity contribution in [2.24, 2.45) is 0 Å². The molecule has 2 heterocycles. The molecule has 7 heteroatoms. The van der Waals surface area contributed by atoms with Crippen molar-refractivity contribution in [3.05, 3.63) is 101 Å². The average molecular weight is 483 g/mol. The summed E-state index contributed by atoms with van der Waals surface area (Å²) in [7, 11) is 0. The van der Waals surface area contributed by atoms with Crippen LogP contribution in [0.3, 0.4) is 0 Å². The third-order valence-corrected chi connectivity index (χ3v) is 6.07. The number of amides is 1. The fraction of sp³-hybridized carbons (Fsp3) is 0.0357. The molecule has 0 spiro atoms. The van der Waals surface area contributed by atoms with Crippen LogP contribution in [0.2, 0.25) is 5.02 Å². The number of aromatic hydroxyl groups is 1. The molecule has 0 fully saturated rings. The van der Waals surface area contributed by atoms with E-state index in [1.165, 1.54) is 0 Å². The van der Waals surface area contributed by atoms with Crippen molar-refractivity contribution in [2.45, 2.75) is 6.42 Å². The minimum absolute atomic E-state index is 0.0939. The van der Waals surface area contributed by atoms with Gasteiger partial charge < -0.3 is 15.5 Å². The normalized spacial score (nSPS) is 13.5. The number of anilines is 1. The summed E-state index contributed by atoms with van der Waals surface area (Å²) in [6, 6.07) is 21.3. The smallest absolute Gasteiger partial charge is 0.307 e.